The number of carbonyl (C=O) groups excluding carboxylic acids is 3. The molecule has 0 aliphatic carbocycles. The molecule has 0 bridgehead atoms. The molecule has 0 aromatic heterocycles. The van der Waals surface area contributed by atoms with Crippen LogP contribution in [0.3, 0.4) is 0 Å². The summed E-state index contributed by atoms with van der Waals surface area (Å²) in [4.78, 5) is 39.6. The normalized spacial score (nSPS) is 15.4. The molecule has 2 aromatic rings. The predicted molar refractivity (Wildman–Crippen MR) is 133 cm³/mol. The molecule has 1 heterocycles. The number of benzene rings is 2. The molecule has 1 aliphatic heterocycles. The highest BCUT2D eigenvalue weighted by Gasteiger charge is 2.28. The van der Waals surface area contributed by atoms with Gasteiger partial charge in [0.2, 0.25) is 11.8 Å². The van der Waals surface area contributed by atoms with E-state index in [0.29, 0.717) is 13.1 Å². The molecule has 1 aliphatic rings. The van der Waals surface area contributed by atoms with E-state index in [-0.39, 0.29) is 29.8 Å². The van der Waals surface area contributed by atoms with Crippen molar-refractivity contribution in [3.8, 4) is 0 Å². The lowest BCUT2D eigenvalue weighted by molar-refractivity contribution is -0.125. The maximum atomic E-state index is 12.9. The highest BCUT2D eigenvalue weighted by Crippen LogP contribution is 2.12. The van der Waals surface area contributed by atoms with Gasteiger partial charge in [0.15, 0.2) is 0 Å². The third-order valence-corrected chi connectivity index (χ3v) is 5.89. The summed E-state index contributed by atoms with van der Waals surface area (Å²) >= 11 is 0. The maximum Gasteiger partial charge on any atom is 0.315 e. The first-order valence-electron chi connectivity index (χ1n) is 11.9. The molecule has 34 heavy (non-hydrogen) atoms. The lowest BCUT2D eigenvalue weighted by Crippen LogP contribution is -2.55. The Hall–Kier alpha value is -3.39. The number of anilines is 1. The Labute approximate surface area is 201 Å². The van der Waals surface area contributed by atoms with E-state index in [4.69, 9.17) is 0 Å². The number of hydrogen-bond acceptors (Lipinski definition) is 4. The number of carbonyl (C=O) groups is 3. The van der Waals surface area contributed by atoms with Crippen molar-refractivity contribution in [3.05, 3.63) is 66.2 Å². The number of hydrogen-bond donors (Lipinski definition) is 4. The summed E-state index contributed by atoms with van der Waals surface area (Å²) in [5.74, 6) is -0.270. The van der Waals surface area contributed by atoms with Crippen LogP contribution >= 0.6 is 0 Å². The quantitative estimate of drug-likeness (QED) is 0.457. The average Bonchev–Trinajstić information content (AvgIpc) is 2.83. The predicted octanol–water partition coefficient (Wildman–Crippen LogP) is 2.73. The van der Waals surface area contributed by atoms with Crippen LogP contribution in [0, 0.1) is 5.92 Å². The van der Waals surface area contributed by atoms with Gasteiger partial charge in [-0.2, -0.15) is 0 Å². The third kappa shape index (κ3) is 8.19. The minimum Gasteiger partial charge on any atom is -0.351 e. The van der Waals surface area contributed by atoms with Crippen LogP contribution in [0.1, 0.15) is 32.3 Å². The topological polar surface area (TPSA) is 103 Å². The zero-order chi connectivity index (χ0) is 24.3. The second kappa shape index (κ2) is 12.7. The Morgan fingerprint density at radius 1 is 0.941 bits per heavy atom. The van der Waals surface area contributed by atoms with Crippen molar-refractivity contribution in [3.63, 3.8) is 0 Å². The van der Waals surface area contributed by atoms with Gasteiger partial charge in [-0.1, -0.05) is 62.4 Å². The van der Waals surface area contributed by atoms with E-state index in [9.17, 15) is 14.4 Å². The Bertz CT molecular complexity index is 928. The van der Waals surface area contributed by atoms with E-state index in [1.54, 1.807) is 0 Å². The van der Waals surface area contributed by atoms with E-state index in [1.807, 2.05) is 74.5 Å². The first kappa shape index (κ1) is 25.2. The second-order valence-corrected chi connectivity index (χ2v) is 9.01. The van der Waals surface area contributed by atoms with Crippen molar-refractivity contribution in [2.75, 3.05) is 25.0 Å². The van der Waals surface area contributed by atoms with Crippen molar-refractivity contribution < 1.29 is 14.4 Å². The van der Waals surface area contributed by atoms with Gasteiger partial charge >= 0.3 is 6.03 Å². The van der Waals surface area contributed by atoms with Crippen LogP contribution in [0.4, 0.5) is 10.5 Å². The summed E-state index contributed by atoms with van der Waals surface area (Å²) in [6.45, 7) is 6.00. The first-order valence-corrected chi connectivity index (χ1v) is 11.9. The molecular formula is C26H35N5O3. The van der Waals surface area contributed by atoms with Gasteiger partial charge in [-0.3, -0.25) is 14.5 Å². The van der Waals surface area contributed by atoms with Gasteiger partial charge in [-0.15, -0.1) is 0 Å². The molecule has 182 valence electrons. The van der Waals surface area contributed by atoms with Crippen LogP contribution < -0.4 is 21.3 Å². The molecule has 0 radical (unpaired) electrons. The average molecular weight is 466 g/mol. The molecule has 1 unspecified atom stereocenters. The molecule has 1 atom stereocenters. The van der Waals surface area contributed by atoms with Crippen molar-refractivity contribution in [2.24, 2.45) is 5.92 Å². The monoisotopic (exact) mass is 465 g/mol. The van der Waals surface area contributed by atoms with E-state index < -0.39 is 6.04 Å². The Kier molecular flexibility index (Phi) is 9.46. The Balaban J connectivity index is 1.40. The van der Waals surface area contributed by atoms with E-state index in [2.05, 4.69) is 26.2 Å². The largest absolute Gasteiger partial charge is 0.351 e. The zero-order valence-electron chi connectivity index (χ0n) is 19.9. The van der Waals surface area contributed by atoms with Crippen LogP contribution in [0.15, 0.2) is 60.7 Å². The van der Waals surface area contributed by atoms with Crippen LogP contribution in [-0.4, -0.2) is 54.5 Å². The number of piperidine rings is 1. The molecule has 4 amide bonds. The minimum absolute atomic E-state index is 0.0244. The Morgan fingerprint density at radius 3 is 2.18 bits per heavy atom. The molecule has 2 aromatic carbocycles. The van der Waals surface area contributed by atoms with Gasteiger partial charge in [0.25, 0.3) is 0 Å². The molecular weight excluding hydrogens is 430 g/mol. The summed E-state index contributed by atoms with van der Waals surface area (Å²) in [6, 6.07) is 18.1. The summed E-state index contributed by atoms with van der Waals surface area (Å²) < 4.78 is 0. The fourth-order valence-corrected chi connectivity index (χ4v) is 3.96. The fraction of sp³-hybridized carbons (Fsp3) is 0.423. The third-order valence-electron chi connectivity index (χ3n) is 5.89. The lowest BCUT2D eigenvalue weighted by atomic mass is 10.0. The molecule has 8 nitrogen and oxygen atoms in total. The van der Waals surface area contributed by atoms with Crippen LogP contribution in [0.5, 0.6) is 0 Å². The van der Waals surface area contributed by atoms with Gasteiger partial charge in [0.1, 0.15) is 6.04 Å². The number of para-hydroxylation sites is 1. The molecule has 8 heteroatoms. The highest BCUT2D eigenvalue weighted by atomic mass is 16.2. The number of amides is 4. The number of urea groups is 1. The zero-order valence-corrected chi connectivity index (χ0v) is 19.9. The van der Waals surface area contributed by atoms with Gasteiger partial charge < -0.3 is 21.3 Å². The van der Waals surface area contributed by atoms with Crippen LogP contribution in [-0.2, 0) is 16.1 Å². The molecule has 1 fully saturated rings. The second-order valence-electron chi connectivity index (χ2n) is 9.01. The van der Waals surface area contributed by atoms with Gasteiger partial charge in [-0.05, 0) is 36.5 Å². The lowest BCUT2D eigenvalue weighted by Gasteiger charge is -2.33. The summed E-state index contributed by atoms with van der Waals surface area (Å²) in [7, 11) is 0. The van der Waals surface area contributed by atoms with Gasteiger partial charge in [-0.25, -0.2) is 4.79 Å². The number of rotatable bonds is 9. The molecule has 0 saturated carbocycles. The maximum absolute atomic E-state index is 12.9. The standard InChI is InChI=1S/C26H35N5O3/c1-19(2)24(30-26(34)27-17-20-9-5-3-6-10-20)25(33)29-22-13-15-31(16-14-22)18-23(32)28-21-11-7-4-8-12-21/h3-12,19,22,24H,13-18H2,1-2H3,(H,28,32)(H,29,33)(H2,27,30,34). The van der Waals surface area contributed by atoms with Crippen molar-refractivity contribution in [1.29, 1.82) is 0 Å². The molecule has 0 spiro atoms. The van der Waals surface area contributed by atoms with Crippen LogP contribution in [0.25, 0.3) is 0 Å². The fourth-order valence-electron chi connectivity index (χ4n) is 3.96. The first-order chi connectivity index (χ1) is 16.4. The highest BCUT2D eigenvalue weighted by molar-refractivity contribution is 5.92. The minimum atomic E-state index is -0.620. The summed E-state index contributed by atoms with van der Waals surface area (Å²) in [5.41, 5.74) is 1.78. The number of nitrogens with zero attached hydrogens (tertiary/aromatic N) is 1. The van der Waals surface area contributed by atoms with Crippen molar-refractivity contribution >= 4 is 23.5 Å². The SMILES string of the molecule is CC(C)C(NC(=O)NCc1ccccc1)C(=O)NC1CCN(CC(=O)Nc2ccccc2)CC1. The molecule has 1 saturated heterocycles. The smallest absolute Gasteiger partial charge is 0.315 e. The summed E-state index contributed by atoms with van der Waals surface area (Å²) in [5, 5.41) is 11.6. The van der Waals surface area contributed by atoms with E-state index in [0.717, 1.165) is 37.2 Å². The van der Waals surface area contributed by atoms with Crippen LogP contribution in [0.2, 0.25) is 0 Å². The van der Waals surface area contributed by atoms with Gasteiger partial charge in [0.05, 0.1) is 6.54 Å². The summed E-state index contributed by atoms with van der Waals surface area (Å²) in [6.07, 6.45) is 1.52. The van der Waals surface area contributed by atoms with E-state index >= 15 is 0 Å². The van der Waals surface area contributed by atoms with E-state index in [1.165, 1.54) is 0 Å². The van der Waals surface area contributed by atoms with Crippen molar-refractivity contribution in [1.82, 2.24) is 20.9 Å². The number of likely N-dealkylation sites (tertiary alicyclic amines) is 1. The van der Waals surface area contributed by atoms with Gasteiger partial charge in [0, 0.05) is 31.4 Å². The molecule has 4 N–H and O–H groups in total. The molecule has 3 rings (SSSR count). The Morgan fingerprint density at radius 2 is 1.56 bits per heavy atom. The van der Waals surface area contributed by atoms with Crippen molar-refractivity contribution in [2.45, 2.75) is 45.3 Å². The number of nitrogens with one attached hydrogen (secondary N) is 4.